The number of phenolic OH excluding ortho intramolecular Hbond substituents is 2. The average Bonchev–Trinajstić information content (AvgIpc) is 3.16. The van der Waals surface area contributed by atoms with Gasteiger partial charge < -0.3 is 20.8 Å². The van der Waals surface area contributed by atoms with E-state index < -0.39 is 43.0 Å². The third-order valence-corrected chi connectivity index (χ3v) is 13.4. The van der Waals surface area contributed by atoms with Crippen LogP contribution in [0.4, 0.5) is 11.4 Å². The number of carbonyl (C=O) groups is 1. The number of amides is 1. The van der Waals surface area contributed by atoms with Crippen molar-refractivity contribution in [3.63, 3.8) is 0 Å². The quantitative estimate of drug-likeness (QED) is 0.134. The van der Waals surface area contributed by atoms with Gasteiger partial charge in [-0.25, -0.2) is 16.8 Å². The Balaban J connectivity index is 0.999. The minimum atomic E-state index is -4.13. The second-order valence-corrected chi connectivity index (χ2v) is 16.8. The number of hydrogen-bond donors (Lipinski definition) is 4. The summed E-state index contributed by atoms with van der Waals surface area (Å²) in [5, 5.41) is 27.1. The van der Waals surface area contributed by atoms with Gasteiger partial charge in [0.05, 0.1) is 15.4 Å². The highest BCUT2D eigenvalue weighted by molar-refractivity contribution is 7.89. The summed E-state index contributed by atoms with van der Waals surface area (Å²) in [5.74, 6) is -2.42. The molecule has 0 radical (unpaired) electrons. The van der Waals surface area contributed by atoms with Crippen LogP contribution in [0.1, 0.15) is 34.3 Å². The molecule has 0 bridgehead atoms. The Labute approximate surface area is 303 Å². The zero-order chi connectivity index (χ0) is 36.5. The van der Waals surface area contributed by atoms with Gasteiger partial charge in [-0.3, -0.25) is 4.79 Å². The normalized spacial score (nSPS) is 15.8. The topological polar surface area (TPSA) is 156 Å². The molecule has 268 valence electrons. The van der Waals surface area contributed by atoms with E-state index in [1.54, 1.807) is 0 Å². The van der Waals surface area contributed by atoms with Crippen molar-refractivity contribution in [2.24, 2.45) is 0 Å². The zero-order valence-electron chi connectivity index (χ0n) is 28.1. The molecule has 0 unspecified atom stereocenters. The predicted molar refractivity (Wildman–Crippen MR) is 199 cm³/mol. The van der Waals surface area contributed by atoms with Gasteiger partial charge in [0.1, 0.15) is 0 Å². The Morgan fingerprint density at radius 2 is 1.31 bits per heavy atom. The lowest BCUT2D eigenvalue weighted by molar-refractivity contribution is 0.102. The SMILES string of the molecule is O=C(Nc1ccc(S(=O)(=O)N2CCC(Nc3ccccc3-c3ccccc3)CC2)cc1)c1cc(S(=O)(=O)N2CCc3ccccc3C2)cc(O)c1O. The Morgan fingerprint density at radius 1 is 0.673 bits per heavy atom. The molecule has 0 saturated carbocycles. The molecule has 1 fully saturated rings. The average molecular weight is 739 g/mol. The molecule has 13 heteroatoms. The Kier molecular flexibility index (Phi) is 9.77. The van der Waals surface area contributed by atoms with E-state index in [2.05, 4.69) is 28.8 Å². The fraction of sp³-hybridized carbons (Fsp3) is 0.205. The summed E-state index contributed by atoms with van der Waals surface area (Å²) in [6, 6.07) is 33.3. The van der Waals surface area contributed by atoms with Crippen molar-refractivity contribution in [2.45, 2.75) is 41.6 Å². The monoisotopic (exact) mass is 738 g/mol. The highest BCUT2D eigenvalue weighted by atomic mass is 32.2. The molecule has 0 atom stereocenters. The van der Waals surface area contributed by atoms with Crippen LogP contribution >= 0.6 is 0 Å². The van der Waals surface area contributed by atoms with E-state index in [0.717, 1.165) is 40.1 Å². The molecule has 52 heavy (non-hydrogen) atoms. The van der Waals surface area contributed by atoms with Crippen LogP contribution in [0.2, 0.25) is 0 Å². The minimum absolute atomic E-state index is 0.0584. The van der Waals surface area contributed by atoms with E-state index in [9.17, 15) is 31.8 Å². The molecular formula is C39H38N4O7S2. The lowest BCUT2D eigenvalue weighted by Gasteiger charge is -2.32. The van der Waals surface area contributed by atoms with Gasteiger partial charge in [0.15, 0.2) is 11.5 Å². The van der Waals surface area contributed by atoms with E-state index in [1.165, 1.54) is 32.9 Å². The Hall–Kier alpha value is -5.21. The number of aromatic hydroxyl groups is 2. The van der Waals surface area contributed by atoms with E-state index in [0.29, 0.717) is 32.4 Å². The van der Waals surface area contributed by atoms with Gasteiger partial charge >= 0.3 is 0 Å². The maximum atomic E-state index is 13.6. The van der Waals surface area contributed by atoms with E-state index in [-0.39, 0.29) is 34.6 Å². The van der Waals surface area contributed by atoms with Gasteiger partial charge in [-0.2, -0.15) is 8.61 Å². The molecule has 0 aliphatic carbocycles. The first-order valence-corrected chi connectivity index (χ1v) is 19.8. The maximum absolute atomic E-state index is 13.6. The summed E-state index contributed by atoms with van der Waals surface area (Å²) < 4.78 is 57.0. The van der Waals surface area contributed by atoms with Crippen molar-refractivity contribution in [3.05, 3.63) is 132 Å². The number of sulfonamides is 2. The number of anilines is 2. The van der Waals surface area contributed by atoms with Crippen LogP contribution < -0.4 is 10.6 Å². The first-order chi connectivity index (χ1) is 25.0. The van der Waals surface area contributed by atoms with Gasteiger partial charge in [-0.15, -0.1) is 0 Å². The molecule has 1 saturated heterocycles. The standard InChI is InChI=1S/C39H38N4O7S2/c44-37-25-33(52(49,50)43-21-18-27-8-4-5-11-29(27)26-43)24-35(38(37)45)39(46)41-30-14-16-32(17-15-30)51(47,48)42-22-19-31(20-23-42)40-36-13-7-6-12-34(36)28-9-2-1-3-10-28/h1-17,24-25,31,40,44-45H,18-23,26H2,(H,41,46). The second kappa shape index (κ2) is 14.4. The molecule has 5 aromatic rings. The first-order valence-electron chi connectivity index (χ1n) is 17.0. The number of hydrogen-bond acceptors (Lipinski definition) is 8. The lowest BCUT2D eigenvalue weighted by atomic mass is 10.0. The molecular weight excluding hydrogens is 701 g/mol. The summed E-state index contributed by atoms with van der Waals surface area (Å²) in [4.78, 5) is 13.0. The van der Waals surface area contributed by atoms with E-state index in [1.807, 2.05) is 60.7 Å². The van der Waals surface area contributed by atoms with E-state index >= 15 is 0 Å². The summed E-state index contributed by atoms with van der Waals surface area (Å²) >= 11 is 0. The van der Waals surface area contributed by atoms with Gasteiger partial charge in [-0.05, 0) is 72.4 Å². The molecule has 11 nitrogen and oxygen atoms in total. The summed E-state index contributed by atoms with van der Waals surface area (Å²) in [5.41, 5.74) is 4.86. The van der Waals surface area contributed by atoms with Crippen LogP contribution in [0.5, 0.6) is 11.5 Å². The summed E-state index contributed by atoms with van der Waals surface area (Å²) in [6.07, 6.45) is 1.75. The number of phenols is 2. The number of fused-ring (bicyclic) bond motifs is 1. The molecule has 7 rings (SSSR count). The predicted octanol–water partition coefficient (Wildman–Crippen LogP) is 6.03. The van der Waals surface area contributed by atoms with Gasteiger partial charge in [0.25, 0.3) is 5.91 Å². The van der Waals surface area contributed by atoms with Crippen molar-refractivity contribution in [3.8, 4) is 22.6 Å². The third-order valence-electron chi connectivity index (χ3n) is 9.62. The Bertz CT molecular complexity index is 2330. The molecule has 0 spiro atoms. The second-order valence-electron chi connectivity index (χ2n) is 12.9. The third kappa shape index (κ3) is 7.13. The van der Waals surface area contributed by atoms with Crippen LogP contribution in [-0.2, 0) is 33.0 Å². The highest BCUT2D eigenvalue weighted by Crippen LogP contribution is 2.35. The maximum Gasteiger partial charge on any atom is 0.259 e. The molecule has 1 amide bonds. The number of piperidine rings is 1. The summed E-state index contributed by atoms with van der Waals surface area (Å²) in [7, 11) is -7.95. The van der Waals surface area contributed by atoms with Crippen LogP contribution in [0.25, 0.3) is 11.1 Å². The van der Waals surface area contributed by atoms with Crippen LogP contribution in [0.3, 0.4) is 0 Å². The van der Waals surface area contributed by atoms with Gasteiger partial charge in [-0.1, -0.05) is 72.8 Å². The number of nitrogens with zero attached hydrogens (tertiary/aromatic N) is 2. The van der Waals surface area contributed by atoms with Crippen molar-refractivity contribution in [2.75, 3.05) is 30.3 Å². The zero-order valence-corrected chi connectivity index (χ0v) is 29.8. The van der Waals surface area contributed by atoms with E-state index in [4.69, 9.17) is 0 Å². The van der Waals surface area contributed by atoms with Crippen molar-refractivity contribution in [1.29, 1.82) is 0 Å². The minimum Gasteiger partial charge on any atom is -0.504 e. The number of rotatable bonds is 9. The molecule has 4 N–H and O–H groups in total. The molecule has 0 aromatic heterocycles. The number of carbonyl (C=O) groups excluding carboxylic acids is 1. The largest absolute Gasteiger partial charge is 0.504 e. The van der Waals surface area contributed by atoms with Gasteiger partial charge in [0.2, 0.25) is 20.0 Å². The fourth-order valence-corrected chi connectivity index (χ4v) is 9.67. The van der Waals surface area contributed by atoms with Crippen molar-refractivity contribution in [1.82, 2.24) is 8.61 Å². The lowest BCUT2D eigenvalue weighted by Crippen LogP contribution is -2.42. The van der Waals surface area contributed by atoms with Crippen molar-refractivity contribution >= 4 is 37.3 Å². The van der Waals surface area contributed by atoms with Crippen LogP contribution in [-0.4, -0.2) is 67.2 Å². The first kappa shape index (κ1) is 35.2. The summed E-state index contributed by atoms with van der Waals surface area (Å²) in [6.45, 7) is 1.01. The van der Waals surface area contributed by atoms with Crippen LogP contribution in [0, 0.1) is 0 Å². The number of para-hydroxylation sites is 1. The van der Waals surface area contributed by atoms with Crippen molar-refractivity contribution < 1.29 is 31.8 Å². The highest BCUT2D eigenvalue weighted by Gasteiger charge is 2.32. The van der Waals surface area contributed by atoms with Crippen LogP contribution in [0.15, 0.2) is 125 Å². The Morgan fingerprint density at radius 3 is 2.04 bits per heavy atom. The molecule has 5 aromatic carbocycles. The smallest absolute Gasteiger partial charge is 0.259 e. The number of nitrogens with one attached hydrogen (secondary N) is 2. The number of benzene rings is 5. The molecule has 2 aliphatic rings. The molecule has 2 aliphatic heterocycles. The van der Waals surface area contributed by atoms with Gasteiger partial charge in [0, 0.05) is 55.2 Å². The molecule has 2 heterocycles. The fourth-order valence-electron chi connectivity index (χ4n) is 6.74.